The number of rotatable bonds is 2. The second kappa shape index (κ2) is 8.95. The van der Waals surface area contributed by atoms with Gasteiger partial charge in [0.2, 0.25) is 0 Å². The molecule has 0 aromatic heterocycles. The van der Waals surface area contributed by atoms with Crippen LogP contribution in [0.2, 0.25) is 0 Å². The molecule has 0 fully saturated rings. The molecule has 1 N–H and O–H groups in total. The Kier molecular flexibility index (Phi) is 10.3. The van der Waals surface area contributed by atoms with Crippen molar-refractivity contribution in [2.24, 2.45) is 0 Å². The van der Waals surface area contributed by atoms with Crippen LogP contribution in [0.4, 0.5) is 0 Å². The van der Waals surface area contributed by atoms with Crippen molar-refractivity contribution in [3.63, 3.8) is 0 Å². The molecule has 0 radical (unpaired) electrons. The first kappa shape index (κ1) is 12.6. The second-order valence-corrected chi connectivity index (χ2v) is 2.06. The molecule has 0 rings (SSSR count). The summed E-state index contributed by atoms with van der Waals surface area (Å²) in [6.45, 7) is 8.76. The second-order valence-electron chi connectivity index (χ2n) is 2.06. The molecule has 0 aliphatic carbocycles. The molecule has 0 saturated heterocycles. The number of hydrogen-bond acceptors (Lipinski definition) is 1. The summed E-state index contributed by atoms with van der Waals surface area (Å²) in [6.07, 6.45) is 5.34. The van der Waals surface area contributed by atoms with Crippen LogP contribution in [-0.4, -0.2) is 11.1 Å². The van der Waals surface area contributed by atoms with Crippen LogP contribution in [0.5, 0.6) is 0 Å². The lowest BCUT2D eigenvalue weighted by molar-refractivity contribution is -0.132. The summed E-state index contributed by atoms with van der Waals surface area (Å²) in [5.74, 6) is -0.935. The summed E-state index contributed by atoms with van der Waals surface area (Å²) in [6, 6.07) is 0. The summed E-state index contributed by atoms with van der Waals surface area (Å²) >= 11 is 0. The Bertz CT molecular complexity index is 134. The fourth-order valence-corrected chi connectivity index (χ4v) is 0.236. The first-order chi connectivity index (χ1) is 5.06. The van der Waals surface area contributed by atoms with E-state index in [4.69, 9.17) is 5.11 Å². The van der Waals surface area contributed by atoms with Crippen LogP contribution < -0.4 is 0 Å². The molecule has 0 spiro atoms. The van der Waals surface area contributed by atoms with Crippen molar-refractivity contribution in [1.82, 2.24) is 0 Å². The van der Waals surface area contributed by atoms with Gasteiger partial charge in [0.15, 0.2) is 0 Å². The number of allylic oxidation sites excluding steroid dienone is 2. The van der Waals surface area contributed by atoms with E-state index in [0.29, 0.717) is 0 Å². The standard InChI is InChI=1S/C5H10.C4H6O2/c1-3-5-4-2;1-3(2)4(5)6/h3,5H,4H2,1-2H3;1H2,2H3,(H,5,6)/b5-3+;. The molecule has 0 amide bonds. The van der Waals surface area contributed by atoms with Crippen LogP contribution in [0.15, 0.2) is 24.3 Å². The minimum absolute atomic E-state index is 0.176. The minimum atomic E-state index is -0.935. The highest BCUT2D eigenvalue weighted by Crippen LogP contribution is 1.81. The Morgan fingerprint density at radius 2 is 2.00 bits per heavy atom. The summed E-state index contributed by atoms with van der Waals surface area (Å²) in [4.78, 5) is 9.60. The summed E-state index contributed by atoms with van der Waals surface area (Å²) < 4.78 is 0. The summed E-state index contributed by atoms with van der Waals surface area (Å²) in [5, 5.41) is 7.89. The number of carbonyl (C=O) groups is 1. The van der Waals surface area contributed by atoms with Gasteiger partial charge in [-0.15, -0.1) is 0 Å². The molecule has 0 saturated carbocycles. The molecular weight excluding hydrogens is 140 g/mol. The van der Waals surface area contributed by atoms with Gasteiger partial charge in [-0.25, -0.2) is 4.79 Å². The molecule has 0 aromatic rings. The van der Waals surface area contributed by atoms with Gasteiger partial charge in [-0.2, -0.15) is 0 Å². The molecule has 0 aliphatic heterocycles. The van der Waals surface area contributed by atoms with Crippen LogP contribution in [0.1, 0.15) is 27.2 Å². The van der Waals surface area contributed by atoms with Gasteiger partial charge in [-0.05, 0) is 20.3 Å². The lowest BCUT2D eigenvalue weighted by Crippen LogP contribution is -1.92. The maximum atomic E-state index is 9.60. The average molecular weight is 156 g/mol. The minimum Gasteiger partial charge on any atom is -0.478 e. The highest BCUT2D eigenvalue weighted by Gasteiger charge is 1.90. The van der Waals surface area contributed by atoms with Crippen LogP contribution >= 0.6 is 0 Å². The van der Waals surface area contributed by atoms with Gasteiger partial charge < -0.3 is 5.11 Å². The zero-order chi connectivity index (χ0) is 9.28. The number of aliphatic carboxylic acids is 1. The van der Waals surface area contributed by atoms with Crippen molar-refractivity contribution in [1.29, 1.82) is 0 Å². The molecule has 2 nitrogen and oxygen atoms in total. The molecule has 0 aliphatic rings. The summed E-state index contributed by atoms with van der Waals surface area (Å²) in [5.41, 5.74) is 0.176. The monoisotopic (exact) mass is 156 g/mol. The quantitative estimate of drug-likeness (QED) is 0.493. The van der Waals surface area contributed by atoms with E-state index in [1.54, 1.807) is 0 Å². The van der Waals surface area contributed by atoms with E-state index in [9.17, 15) is 4.79 Å². The zero-order valence-electron chi connectivity index (χ0n) is 7.42. The van der Waals surface area contributed by atoms with Crippen molar-refractivity contribution >= 4 is 5.97 Å². The van der Waals surface area contributed by atoms with Crippen LogP contribution in [-0.2, 0) is 4.79 Å². The van der Waals surface area contributed by atoms with E-state index in [1.807, 2.05) is 6.92 Å². The molecule has 0 aromatic carbocycles. The molecule has 0 unspecified atom stereocenters. The Morgan fingerprint density at radius 3 is 2.00 bits per heavy atom. The number of hydrogen-bond donors (Lipinski definition) is 1. The van der Waals surface area contributed by atoms with E-state index in [0.717, 1.165) is 6.42 Å². The van der Waals surface area contributed by atoms with Gasteiger partial charge >= 0.3 is 5.97 Å². The van der Waals surface area contributed by atoms with Crippen LogP contribution in [0.25, 0.3) is 0 Å². The number of carboxylic acid groups (broad SMARTS) is 1. The van der Waals surface area contributed by atoms with E-state index >= 15 is 0 Å². The van der Waals surface area contributed by atoms with E-state index in [2.05, 4.69) is 25.7 Å². The van der Waals surface area contributed by atoms with Crippen LogP contribution in [0.3, 0.4) is 0 Å². The van der Waals surface area contributed by atoms with Crippen molar-refractivity contribution in [3.8, 4) is 0 Å². The van der Waals surface area contributed by atoms with Gasteiger partial charge in [-0.1, -0.05) is 25.7 Å². The lowest BCUT2D eigenvalue weighted by atomic mass is 10.4. The van der Waals surface area contributed by atoms with Crippen LogP contribution in [0, 0.1) is 0 Å². The predicted molar refractivity (Wildman–Crippen MR) is 47.6 cm³/mol. The Labute approximate surface area is 68.2 Å². The SMILES string of the molecule is C/C=C/CC.C=C(C)C(=O)O. The molecule has 64 valence electrons. The normalized spacial score (nSPS) is 8.64. The third-order valence-electron chi connectivity index (χ3n) is 0.836. The highest BCUT2D eigenvalue weighted by atomic mass is 16.4. The van der Waals surface area contributed by atoms with E-state index < -0.39 is 5.97 Å². The molecule has 2 heteroatoms. The van der Waals surface area contributed by atoms with Gasteiger partial charge in [-0.3, -0.25) is 0 Å². The van der Waals surface area contributed by atoms with Crippen molar-refractivity contribution in [3.05, 3.63) is 24.3 Å². The maximum absolute atomic E-state index is 9.60. The predicted octanol–water partition coefficient (Wildman–Crippen LogP) is 2.62. The third-order valence-corrected chi connectivity index (χ3v) is 0.836. The first-order valence-electron chi connectivity index (χ1n) is 3.56. The third kappa shape index (κ3) is 17.6. The van der Waals surface area contributed by atoms with Crippen molar-refractivity contribution in [2.45, 2.75) is 27.2 Å². The van der Waals surface area contributed by atoms with Crippen molar-refractivity contribution < 1.29 is 9.90 Å². The largest absolute Gasteiger partial charge is 0.478 e. The van der Waals surface area contributed by atoms with Gasteiger partial charge in [0.05, 0.1) is 0 Å². The first-order valence-corrected chi connectivity index (χ1v) is 3.56. The topological polar surface area (TPSA) is 37.3 Å². The van der Waals surface area contributed by atoms with Gasteiger partial charge in [0.25, 0.3) is 0 Å². The molecule has 0 bridgehead atoms. The number of carboxylic acids is 1. The molecular formula is C9H16O2. The van der Waals surface area contributed by atoms with Crippen molar-refractivity contribution in [2.75, 3.05) is 0 Å². The van der Waals surface area contributed by atoms with Gasteiger partial charge in [0, 0.05) is 5.57 Å². The molecule has 0 heterocycles. The lowest BCUT2D eigenvalue weighted by Gasteiger charge is -1.79. The Morgan fingerprint density at radius 1 is 1.64 bits per heavy atom. The smallest absolute Gasteiger partial charge is 0.330 e. The fraction of sp³-hybridized carbons (Fsp3) is 0.444. The Balaban J connectivity index is 0. The molecule has 0 atom stereocenters. The molecule has 11 heavy (non-hydrogen) atoms. The highest BCUT2D eigenvalue weighted by molar-refractivity contribution is 5.84. The zero-order valence-corrected chi connectivity index (χ0v) is 7.42. The van der Waals surface area contributed by atoms with Gasteiger partial charge in [0.1, 0.15) is 0 Å². The average Bonchev–Trinajstić information content (AvgIpc) is 1.90. The van der Waals surface area contributed by atoms with E-state index in [-0.39, 0.29) is 5.57 Å². The summed E-state index contributed by atoms with van der Waals surface area (Å²) in [7, 11) is 0. The Hall–Kier alpha value is -1.05. The van der Waals surface area contributed by atoms with E-state index in [1.165, 1.54) is 6.92 Å². The maximum Gasteiger partial charge on any atom is 0.330 e. The fourth-order valence-electron chi connectivity index (χ4n) is 0.236.